The minimum atomic E-state index is 0.0915. The summed E-state index contributed by atoms with van der Waals surface area (Å²) in [5, 5.41) is 1.05. The van der Waals surface area contributed by atoms with E-state index in [-0.39, 0.29) is 11.7 Å². The number of Topliss-reactive ketones (excluding diaryl/α,β-unsaturated/α-hetero) is 1. The number of benzene rings is 2. The smallest absolute Gasteiger partial charge is 0.166 e. The van der Waals surface area contributed by atoms with Crippen LogP contribution in [0.3, 0.4) is 0 Å². The van der Waals surface area contributed by atoms with E-state index in [0.29, 0.717) is 0 Å². The molecule has 0 unspecified atom stereocenters. The van der Waals surface area contributed by atoms with Crippen LogP contribution < -0.4 is 4.90 Å². The Kier molecular flexibility index (Phi) is 4.72. The fraction of sp³-hybridized carbons (Fsp3) is 0.286. The van der Waals surface area contributed by atoms with Gasteiger partial charge < -0.3 is 4.90 Å². The van der Waals surface area contributed by atoms with Gasteiger partial charge in [-0.1, -0.05) is 45.8 Å². The SMILES string of the molecule is Cc1ccc(C(=O)C2CCN(c3ncnc4ccc(Br)cc34)CC2)cc1. The largest absolute Gasteiger partial charge is 0.356 e. The molecule has 0 aliphatic carbocycles. The third-order valence-electron chi connectivity index (χ3n) is 5.08. The number of carbonyl (C=O) groups is 1. The van der Waals surface area contributed by atoms with Gasteiger partial charge in [-0.3, -0.25) is 4.79 Å². The number of nitrogens with zero attached hydrogens (tertiary/aromatic N) is 3. The van der Waals surface area contributed by atoms with Gasteiger partial charge in [-0.05, 0) is 38.0 Å². The molecule has 4 rings (SSSR count). The van der Waals surface area contributed by atoms with Crippen LogP contribution in [0.25, 0.3) is 10.9 Å². The van der Waals surface area contributed by atoms with E-state index in [0.717, 1.165) is 52.7 Å². The zero-order valence-electron chi connectivity index (χ0n) is 14.7. The number of fused-ring (bicyclic) bond motifs is 1. The minimum absolute atomic E-state index is 0.0915. The molecule has 1 aromatic heterocycles. The fourth-order valence-electron chi connectivity index (χ4n) is 3.57. The van der Waals surface area contributed by atoms with Crippen molar-refractivity contribution in [3.05, 3.63) is 64.4 Å². The van der Waals surface area contributed by atoms with E-state index in [1.807, 2.05) is 43.3 Å². The lowest BCUT2D eigenvalue weighted by molar-refractivity contribution is 0.0900. The van der Waals surface area contributed by atoms with Crippen LogP contribution in [-0.2, 0) is 0 Å². The summed E-state index contributed by atoms with van der Waals surface area (Å²) in [7, 11) is 0. The molecule has 26 heavy (non-hydrogen) atoms. The number of piperidine rings is 1. The first-order chi connectivity index (χ1) is 12.6. The van der Waals surface area contributed by atoms with E-state index in [9.17, 15) is 4.79 Å². The van der Waals surface area contributed by atoms with Crippen LogP contribution >= 0.6 is 15.9 Å². The summed E-state index contributed by atoms with van der Waals surface area (Å²) in [6.07, 6.45) is 3.33. The normalized spacial score (nSPS) is 15.4. The highest BCUT2D eigenvalue weighted by atomic mass is 79.9. The number of hydrogen-bond acceptors (Lipinski definition) is 4. The average Bonchev–Trinajstić information content (AvgIpc) is 2.68. The lowest BCUT2D eigenvalue weighted by Crippen LogP contribution is -2.37. The highest BCUT2D eigenvalue weighted by Gasteiger charge is 2.27. The molecule has 3 aromatic rings. The first-order valence-corrected chi connectivity index (χ1v) is 9.67. The van der Waals surface area contributed by atoms with Crippen molar-refractivity contribution in [1.82, 2.24) is 9.97 Å². The van der Waals surface area contributed by atoms with Crippen LogP contribution in [0.2, 0.25) is 0 Å². The van der Waals surface area contributed by atoms with Crippen molar-refractivity contribution in [1.29, 1.82) is 0 Å². The zero-order chi connectivity index (χ0) is 18.1. The zero-order valence-corrected chi connectivity index (χ0v) is 16.2. The Morgan fingerprint density at radius 2 is 1.81 bits per heavy atom. The summed E-state index contributed by atoms with van der Waals surface area (Å²) in [5.74, 6) is 1.31. The Balaban J connectivity index is 1.51. The summed E-state index contributed by atoms with van der Waals surface area (Å²) in [6, 6.07) is 14.0. The molecule has 0 saturated carbocycles. The van der Waals surface area contributed by atoms with E-state index < -0.39 is 0 Å². The molecule has 0 N–H and O–H groups in total. The van der Waals surface area contributed by atoms with Crippen molar-refractivity contribution in [2.75, 3.05) is 18.0 Å². The van der Waals surface area contributed by atoms with Crippen LogP contribution in [0.5, 0.6) is 0 Å². The third-order valence-corrected chi connectivity index (χ3v) is 5.57. The molecule has 1 aliphatic heterocycles. The second-order valence-electron chi connectivity index (χ2n) is 6.85. The van der Waals surface area contributed by atoms with Gasteiger partial charge in [-0.2, -0.15) is 0 Å². The van der Waals surface area contributed by atoms with E-state index in [4.69, 9.17) is 0 Å². The van der Waals surface area contributed by atoms with Crippen molar-refractivity contribution < 1.29 is 4.79 Å². The summed E-state index contributed by atoms with van der Waals surface area (Å²) in [5.41, 5.74) is 2.94. The van der Waals surface area contributed by atoms with Crippen LogP contribution in [0.1, 0.15) is 28.8 Å². The number of aryl methyl sites for hydroxylation is 1. The molecular weight excluding hydrogens is 390 g/mol. The molecule has 5 heteroatoms. The first kappa shape index (κ1) is 17.2. The number of hydrogen-bond donors (Lipinski definition) is 0. The van der Waals surface area contributed by atoms with Crippen LogP contribution in [0.15, 0.2) is 53.3 Å². The summed E-state index contributed by atoms with van der Waals surface area (Å²) in [6.45, 7) is 3.71. The van der Waals surface area contributed by atoms with E-state index in [2.05, 4.69) is 36.9 Å². The van der Waals surface area contributed by atoms with Gasteiger partial charge in [0.1, 0.15) is 12.1 Å². The van der Waals surface area contributed by atoms with Gasteiger partial charge in [0.05, 0.1) is 5.52 Å². The van der Waals surface area contributed by atoms with Crippen molar-refractivity contribution in [3.63, 3.8) is 0 Å². The highest BCUT2D eigenvalue weighted by Crippen LogP contribution is 2.30. The maximum atomic E-state index is 12.8. The molecule has 4 nitrogen and oxygen atoms in total. The maximum Gasteiger partial charge on any atom is 0.166 e. The lowest BCUT2D eigenvalue weighted by atomic mass is 9.88. The van der Waals surface area contributed by atoms with Gasteiger partial charge in [0.15, 0.2) is 5.78 Å². The molecular formula is C21H20BrN3O. The molecule has 1 aliphatic rings. The first-order valence-electron chi connectivity index (χ1n) is 8.88. The number of anilines is 1. The number of rotatable bonds is 3. The molecule has 0 radical (unpaired) electrons. The van der Waals surface area contributed by atoms with Gasteiger partial charge >= 0.3 is 0 Å². The average molecular weight is 410 g/mol. The predicted octanol–water partition coefficient (Wildman–Crippen LogP) is 4.80. The van der Waals surface area contributed by atoms with Crippen molar-refractivity contribution in [3.8, 4) is 0 Å². The maximum absolute atomic E-state index is 12.8. The predicted molar refractivity (Wildman–Crippen MR) is 108 cm³/mol. The molecule has 2 aromatic carbocycles. The van der Waals surface area contributed by atoms with Gasteiger partial charge in [0.2, 0.25) is 0 Å². The van der Waals surface area contributed by atoms with Crippen molar-refractivity contribution >= 4 is 38.4 Å². The molecule has 1 saturated heterocycles. The molecule has 1 fully saturated rings. The Bertz CT molecular complexity index is 947. The van der Waals surface area contributed by atoms with Gasteiger partial charge in [-0.15, -0.1) is 0 Å². The fourth-order valence-corrected chi connectivity index (χ4v) is 3.94. The Morgan fingerprint density at radius 3 is 2.54 bits per heavy atom. The molecule has 0 amide bonds. The van der Waals surface area contributed by atoms with E-state index in [1.165, 1.54) is 5.56 Å². The standard InChI is InChI=1S/C21H20BrN3O/c1-14-2-4-15(5-3-14)20(26)16-8-10-25(11-9-16)21-18-12-17(22)6-7-19(18)23-13-24-21/h2-7,12-13,16H,8-11H2,1H3. The highest BCUT2D eigenvalue weighted by molar-refractivity contribution is 9.10. The summed E-state index contributed by atoms with van der Waals surface area (Å²) in [4.78, 5) is 23.9. The van der Waals surface area contributed by atoms with Gasteiger partial charge in [0, 0.05) is 34.4 Å². The number of aromatic nitrogens is 2. The number of halogens is 1. The van der Waals surface area contributed by atoms with Crippen molar-refractivity contribution in [2.24, 2.45) is 5.92 Å². The molecule has 2 heterocycles. The van der Waals surface area contributed by atoms with Crippen LogP contribution in [0.4, 0.5) is 5.82 Å². The topological polar surface area (TPSA) is 46.1 Å². The van der Waals surface area contributed by atoms with E-state index >= 15 is 0 Å². The summed E-state index contributed by atoms with van der Waals surface area (Å²) < 4.78 is 1.02. The molecule has 0 spiro atoms. The second-order valence-corrected chi connectivity index (χ2v) is 7.77. The molecule has 0 bridgehead atoms. The second kappa shape index (κ2) is 7.16. The van der Waals surface area contributed by atoms with Crippen LogP contribution in [-0.4, -0.2) is 28.8 Å². The van der Waals surface area contributed by atoms with Gasteiger partial charge in [-0.25, -0.2) is 9.97 Å². The van der Waals surface area contributed by atoms with Gasteiger partial charge in [0.25, 0.3) is 0 Å². The molecule has 132 valence electrons. The van der Waals surface area contributed by atoms with Crippen molar-refractivity contribution in [2.45, 2.75) is 19.8 Å². The third kappa shape index (κ3) is 3.36. The number of ketones is 1. The lowest BCUT2D eigenvalue weighted by Gasteiger charge is -2.32. The quantitative estimate of drug-likeness (QED) is 0.582. The van der Waals surface area contributed by atoms with E-state index in [1.54, 1.807) is 6.33 Å². The molecule has 0 atom stereocenters. The monoisotopic (exact) mass is 409 g/mol. The van der Waals surface area contributed by atoms with Crippen LogP contribution in [0, 0.1) is 12.8 Å². The Morgan fingerprint density at radius 1 is 1.08 bits per heavy atom. The summed E-state index contributed by atoms with van der Waals surface area (Å²) >= 11 is 3.53. The minimum Gasteiger partial charge on any atom is -0.356 e. The number of carbonyl (C=O) groups excluding carboxylic acids is 1. The Hall–Kier alpha value is -2.27. The Labute approximate surface area is 161 Å².